The van der Waals surface area contributed by atoms with Crippen LogP contribution in [-0.2, 0) is 7.05 Å². The van der Waals surface area contributed by atoms with E-state index in [0.717, 1.165) is 24.4 Å². The Morgan fingerprint density at radius 1 is 1.47 bits per heavy atom. The Labute approximate surface area is 103 Å². The molecule has 0 radical (unpaired) electrons. The van der Waals surface area contributed by atoms with Gasteiger partial charge in [-0.25, -0.2) is 0 Å². The Morgan fingerprint density at radius 3 is 2.53 bits per heavy atom. The van der Waals surface area contributed by atoms with Gasteiger partial charge < -0.3 is 11.1 Å². The van der Waals surface area contributed by atoms with Crippen molar-refractivity contribution in [1.82, 2.24) is 9.78 Å². The number of aromatic nitrogens is 2. The summed E-state index contributed by atoms with van der Waals surface area (Å²) in [5.74, 6) is 0.752. The number of nitrogens with one attached hydrogen (secondary N) is 1. The number of aryl methyl sites for hydroxylation is 2. The average Bonchev–Trinajstić information content (AvgIpc) is 2.60. The number of hydrogen-bond acceptors (Lipinski definition) is 4. The first-order valence-electron chi connectivity index (χ1n) is 5.94. The van der Waals surface area contributed by atoms with Crippen LogP contribution in [0.2, 0.25) is 0 Å². The molecule has 5 heteroatoms. The van der Waals surface area contributed by atoms with Gasteiger partial charge in [-0.3, -0.25) is 4.68 Å². The molecular formula is C12H21N5. The molecule has 1 rings (SSSR count). The lowest BCUT2D eigenvalue weighted by Gasteiger charge is -2.27. The molecule has 0 bridgehead atoms. The highest BCUT2D eigenvalue weighted by molar-refractivity contribution is 5.55. The Balaban J connectivity index is 2.87. The van der Waals surface area contributed by atoms with Gasteiger partial charge in [-0.05, 0) is 19.8 Å². The van der Waals surface area contributed by atoms with Crippen LogP contribution in [0, 0.1) is 18.3 Å². The van der Waals surface area contributed by atoms with Crippen LogP contribution in [0.5, 0.6) is 0 Å². The minimum atomic E-state index is -0.231. The number of nitrogens with two attached hydrogens (primary N) is 1. The lowest BCUT2D eigenvalue weighted by molar-refractivity contribution is 0.417. The molecule has 0 atom stereocenters. The van der Waals surface area contributed by atoms with Crippen LogP contribution in [0.1, 0.15) is 37.9 Å². The number of hydrogen-bond donors (Lipinski definition) is 2. The van der Waals surface area contributed by atoms with E-state index in [-0.39, 0.29) is 5.54 Å². The van der Waals surface area contributed by atoms with Gasteiger partial charge in [0.2, 0.25) is 0 Å². The van der Waals surface area contributed by atoms with E-state index in [0.29, 0.717) is 12.1 Å². The first kappa shape index (κ1) is 13.5. The molecule has 0 amide bonds. The molecule has 3 N–H and O–H groups in total. The van der Waals surface area contributed by atoms with Crippen LogP contribution >= 0.6 is 0 Å². The molecule has 0 saturated carbocycles. The maximum absolute atomic E-state index is 9.08. The van der Waals surface area contributed by atoms with Gasteiger partial charge in [0.1, 0.15) is 17.5 Å². The Kier molecular flexibility index (Phi) is 4.13. The largest absolute Gasteiger partial charge is 0.367 e. The molecule has 94 valence electrons. The van der Waals surface area contributed by atoms with Crippen LogP contribution in [0.3, 0.4) is 0 Å². The normalized spacial score (nSPS) is 11.3. The lowest BCUT2D eigenvalue weighted by atomic mass is 9.94. The SMILES string of the molecule is CCC(N)(CC)CNc1c(C#N)c(C)nn1C. The summed E-state index contributed by atoms with van der Waals surface area (Å²) in [4.78, 5) is 0. The van der Waals surface area contributed by atoms with E-state index < -0.39 is 0 Å². The molecule has 5 nitrogen and oxygen atoms in total. The van der Waals surface area contributed by atoms with E-state index in [2.05, 4.69) is 30.3 Å². The molecule has 0 unspecified atom stereocenters. The number of rotatable bonds is 5. The Morgan fingerprint density at radius 2 is 2.06 bits per heavy atom. The van der Waals surface area contributed by atoms with E-state index >= 15 is 0 Å². The van der Waals surface area contributed by atoms with Crippen molar-refractivity contribution in [2.45, 2.75) is 39.2 Å². The third-order valence-corrected chi connectivity index (χ3v) is 3.35. The topological polar surface area (TPSA) is 79.7 Å². The van der Waals surface area contributed by atoms with Crippen molar-refractivity contribution in [3.8, 4) is 6.07 Å². The molecule has 0 aromatic carbocycles. The zero-order valence-corrected chi connectivity index (χ0v) is 11.0. The number of nitriles is 1. The highest BCUT2D eigenvalue weighted by atomic mass is 15.3. The van der Waals surface area contributed by atoms with Gasteiger partial charge in [-0.1, -0.05) is 13.8 Å². The summed E-state index contributed by atoms with van der Waals surface area (Å²) in [5, 5.41) is 16.6. The van der Waals surface area contributed by atoms with Crippen molar-refractivity contribution in [1.29, 1.82) is 5.26 Å². The summed E-state index contributed by atoms with van der Waals surface area (Å²) in [6.07, 6.45) is 1.80. The van der Waals surface area contributed by atoms with Gasteiger partial charge in [0.05, 0.1) is 5.69 Å². The average molecular weight is 235 g/mol. The second kappa shape index (κ2) is 5.19. The molecule has 17 heavy (non-hydrogen) atoms. The highest BCUT2D eigenvalue weighted by Gasteiger charge is 2.21. The summed E-state index contributed by atoms with van der Waals surface area (Å²) in [7, 11) is 1.83. The summed E-state index contributed by atoms with van der Waals surface area (Å²) in [5.41, 5.74) is 7.33. The van der Waals surface area contributed by atoms with Crippen molar-refractivity contribution < 1.29 is 0 Å². The predicted octanol–water partition coefficient (Wildman–Crippen LogP) is 1.53. The van der Waals surface area contributed by atoms with Crippen LogP contribution in [-0.4, -0.2) is 21.9 Å². The van der Waals surface area contributed by atoms with Crippen molar-refractivity contribution in [2.24, 2.45) is 12.8 Å². The van der Waals surface area contributed by atoms with E-state index in [4.69, 9.17) is 11.0 Å². The van der Waals surface area contributed by atoms with Gasteiger partial charge in [0.25, 0.3) is 0 Å². The minimum Gasteiger partial charge on any atom is -0.367 e. The molecule has 1 heterocycles. The molecule has 0 aliphatic carbocycles. The monoisotopic (exact) mass is 235 g/mol. The maximum atomic E-state index is 9.08. The van der Waals surface area contributed by atoms with Crippen LogP contribution in [0.15, 0.2) is 0 Å². The standard InChI is InChI=1S/C12H21N5/c1-5-12(14,6-2)8-15-11-10(7-13)9(3)16-17(11)4/h15H,5-6,8,14H2,1-4H3. The minimum absolute atomic E-state index is 0.231. The fourth-order valence-corrected chi connectivity index (χ4v) is 1.75. The smallest absolute Gasteiger partial charge is 0.142 e. The second-order valence-corrected chi connectivity index (χ2v) is 4.47. The summed E-state index contributed by atoms with van der Waals surface area (Å²) in [6, 6.07) is 2.17. The van der Waals surface area contributed by atoms with Crippen LogP contribution in [0.4, 0.5) is 5.82 Å². The molecule has 0 aliphatic heterocycles. The first-order valence-corrected chi connectivity index (χ1v) is 5.94. The van der Waals surface area contributed by atoms with Gasteiger partial charge >= 0.3 is 0 Å². The van der Waals surface area contributed by atoms with E-state index in [1.165, 1.54) is 0 Å². The molecule has 0 saturated heterocycles. The second-order valence-electron chi connectivity index (χ2n) is 4.47. The van der Waals surface area contributed by atoms with Crippen molar-refractivity contribution in [3.63, 3.8) is 0 Å². The maximum Gasteiger partial charge on any atom is 0.142 e. The van der Waals surface area contributed by atoms with Gasteiger partial charge in [-0.15, -0.1) is 0 Å². The molecule has 0 spiro atoms. The molecule has 0 aliphatic rings. The van der Waals surface area contributed by atoms with E-state index in [1.54, 1.807) is 4.68 Å². The van der Waals surface area contributed by atoms with E-state index in [1.807, 2.05) is 14.0 Å². The quantitative estimate of drug-likeness (QED) is 0.811. The first-order chi connectivity index (χ1) is 7.97. The van der Waals surface area contributed by atoms with Gasteiger partial charge in [0.15, 0.2) is 0 Å². The Bertz CT molecular complexity index is 423. The molecule has 1 aromatic heterocycles. The summed E-state index contributed by atoms with van der Waals surface area (Å²) < 4.78 is 1.69. The summed E-state index contributed by atoms with van der Waals surface area (Å²) in [6.45, 7) is 6.63. The molecule has 1 aromatic rings. The van der Waals surface area contributed by atoms with Crippen molar-refractivity contribution >= 4 is 5.82 Å². The van der Waals surface area contributed by atoms with Crippen LogP contribution < -0.4 is 11.1 Å². The van der Waals surface area contributed by atoms with Crippen molar-refractivity contribution in [3.05, 3.63) is 11.3 Å². The van der Waals surface area contributed by atoms with Gasteiger partial charge in [-0.2, -0.15) is 10.4 Å². The number of nitrogens with zero attached hydrogens (tertiary/aromatic N) is 3. The Hall–Kier alpha value is -1.54. The van der Waals surface area contributed by atoms with E-state index in [9.17, 15) is 0 Å². The van der Waals surface area contributed by atoms with Crippen LogP contribution in [0.25, 0.3) is 0 Å². The third kappa shape index (κ3) is 2.77. The molecular weight excluding hydrogens is 214 g/mol. The summed E-state index contributed by atoms with van der Waals surface area (Å²) >= 11 is 0. The third-order valence-electron chi connectivity index (χ3n) is 3.35. The fourth-order valence-electron chi connectivity index (χ4n) is 1.75. The van der Waals surface area contributed by atoms with Gasteiger partial charge in [0, 0.05) is 19.1 Å². The highest BCUT2D eigenvalue weighted by Crippen LogP contribution is 2.19. The zero-order valence-electron chi connectivity index (χ0n) is 11.0. The predicted molar refractivity (Wildman–Crippen MR) is 68.7 cm³/mol. The van der Waals surface area contributed by atoms with Crippen molar-refractivity contribution in [2.75, 3.05) is 11.9 Å². The lowest BCUT2D eigenvalue weighted by Crippen LogP contribution is -2.45. The zero-order chi connectivity index (χ0) is 13.1. The number of anilines is 1. The molecule has 0 fully saturated rings. The fraction of sp³-hybridized carbons (Fsp3) is 0.667.